The monoisotopic (exact) mass is 337 g/mol. The lowest BCUT2D eigenvalue weighted by Gasteiger charge is -2.36. The molecule has 0 spiro atoms. The van der Waals surface area contributed by atoms with Crippen molar-refractivity contribution < 1.29 is 23.7 Å². The topological polar surface area (TPSA) is 66.0 Å². The Balaban J connectivity index is 2.25. The Labute approximate surface area is 143 Å². The first-order chi connectivity index (χ1) is 11.4. The van der Waals surface area contributed by atoms with Gasteiger partial charge in [0, 0.05) is 5.92 Å². The molecule has 0 radical (unpaired) electrons. The van der Waals surface area contributed by atoms with E-state index >= 15 is 0 Å². The van der Waals surface area contributed by atoms with Crippen LogP contribution in [0, 0.1) is 5.92 Å². The fourth-order valence-corrected chi connectivity index (χ4v) is 3.16. The van der Waals surface area contributed by atoms with Gasteiger partial charge < -0.3 is 24.3 Å². The lowest BCUT2D eigenvalue weighted by molar-refractivity contribution is -0.0370. The van der Waals surface area contributed by atoms with Crippen LogP contribution in [0.3, 0.4) is 0 Å². The molecular formula is C18H27NO5. The molecule has 0 aromatic heterocycles. The number of nitrogens with one attached hydrogen (secondary N) is 1. The van der Waals surface area contributed by atoms with Gasteiger partial charge >= 0.3 is 5.97 Å². The van der Waals surface area contributed by atoms with Crippen LogP contribution >= 0.6 is 0 Å². The molecular weight excluding hydrogens is 310 g/mol. The Morgan fingerprint density at radius 1 is 1.04 bits per heavy atom. The molecule has 0 amide bonds. The first-order valence-corrected chi connectivity index (χ1v) is 8.17. The van der Waals surface area contributed by atoms with E-state index < -0.39 is 11.6 Å². The summed E-state index contributed by atoms with van der Waals surface area (Å²) in [6.07, 6.45) is 1.98. The molecule has 1 N–H and O–H groups in total. The minimum absolute atomic E-state index is 0.322. The van der Waals surface area contributed by atoms with Crippen molar-refractivity contribution in [3.05, 3.63) is 17.7 Å². The Hall–Kier alpha value is -1.95. The van der Waals surface area contributed by atoms with E-state index in [0.29, 0.717) is 28.7 Å². The zero-order chi connectivity index (χ0) is 17.7. The highest BCUT2D eigenvalue weighted by Gasteiger charge is 2.35. The van der Waals surface area contributed by atoms with Crippen LogP contribution in [0.2, 0.25) is 0 Å². The summed E-state index contributed by atoms with van der Waals surface area (Å²) in [4.78, 5) is 12.7. The van der Waals surface area contributed by atoms with Crippen molar-refractivity contribution in [2.24, 2.45) is 5.92 Å². The average Bonchev–Trinajstić information content (AvgIpc) is 2.60. The molecule has 0 bridgehead atoms. The smallest absolute Gasteiger partial charge is 0.342 e. The van der Waals surface area contributed by atoms with Crippen LogP contribution in [-0.4, -0.2) is 46.0 Å². The van der Waals surface area contributed by atoms with Gasteiger partial charge in [-0.2, -0.15) is 0 Å². The van der Waals surface area contributed by atoms with E-state index in [2.05, 4.69) is 5.32 Å². The van der Waals surface area contributed by atoms with Crippen molar-refractivity contribution in [1.29, 1.82) is 0 Å². The number of piperidine rings is 1. The summed E-state index contributed by atoms with van der Waals surface area (Å²) >= 11 is 0. The van der Waals surface area contributed by atoms with Gasteiger partial charge in [0.25, 0.3) is 0 Å². The molecule has 1 saturated heterocycles. The van der Waals surface area contributed by atoms with Crippen molar-refractivity contribution in [3.63, 3.8) is 0 Å². The van der Waals surface area contributed by atoms with E-state index in [4.69, 9.17) is 18.9 Å². The Morgan fingerprint density at radius 2 is 1.67 bits per heavy atom. The Bertz CT molecular complexity index is 579. The number of esters is 1. The first-order valence-electron chi connectivity index (χ1n) is 8.17. The van der Waals surface area contributed by atoms with E-state index in [1.807, 2.05) is 13.8 Å². The third kappa shape index (κ3) is 3.75. The molecule has 1 heterocycles. The molecule has 1 aromatic carbocycles. The maximum atomic E-state index is 12.7. The average molecular weight is 337 g/mol. The third-order valence-corrected chi connectivity index (χ3v) is 4.60. The van der Waals surface area contributed by atoms with Crippen LogP contribution < -0.4 is 19.5 Å². The molecule has 1 aliphatic rings. The molecule has 0 aliphatic carbocycles. The highest BCUT2D eigenvalue weighted by molar-refractivity contribution is 5.94. The highest BCUT2D eigenvalue weighted by Crippen LogP contribution is 2.41. The number of methoxy groups -OCH3 is 3. The van der Waals surface area contributed by atoms with E-state index in [-0.39, 0.29) is 0 Å². The third-order valence-electron chi connectivity index (χ3n) is 4.60. The maximum Gasteiger partial charge on any atom is 0.342 e. The van der Waals surface area contributed by atoms with Crippen molar-refractivity contribution in [3.8, 4) is 17.2 Å². The van der Waals surface area contributed by atoms with Crippen molar-refractivity contribution in [1.82, 2.24) is 5.32 Å². The maximum absolute atomic E-state index is 12.7. The number of hydrogen-bond acceptors (Lipinski definition) is 6. The fourth-order valence-electron chi connectivity index (χ4n) is 3.16. The van der Waals surface area contributed by atoms with Gasteiger partial charge in [-0.3, -0.25) is 0 Å². The summed E-state index contributed by atoms with van der Waals surface area (Å²) in [5.41, 5.74) is -0.214. The minimum Gasteiger partial charge on any atom is -0.493 e. The summed E-state index contributed by atoms with van der Waals surface area (Å²) in [7, 11) is 4.54. The summed E-state index contributed by atoms with van der Waals surface area (Å²) in [5, 5.41) is 3.33. The van der Waals surface area contributed by atoms with Gasteiger partial charge in [-0.1, -0.05) is 0 Å². The number of ether oxygens (including phenoxy) is 4. The summed E-state index contributed by atoms with van der Waals surface area (Å²) in [5.74, 6) is 1.12. The predicted octanol–water partition coefficient (Wildman–Crippen LogP) is 2.65. The minimum atomic E-state index is -0.544. The first kappa shape index (κ1) is 18.4. The summed E-state index contributed by atoms with van der Waals surface area (Å²) in [6, 6.07) is 3.32. The largest absolute Gasteiger partial charge is 0.493 e. The van der Waals surface area contributed by atoms with Crippen LogP contribution in [0.4, 0.5) is 0 Å². The van der Waals surface area contributed by atoms with Crippen LogP contribution in [0.5, 0.6) is 17.2 Å². The lowest BCUT2D eigenvalue weighted by Crippen LogP contribution is -2.42. The SMILES string of the molecule is COc1ccc(C(=O)OC(C)(C)C2CCNCC2)c(OC)c1OC. The number of carbonyl (C=O) groups is 1. The molecule has 0 saturated carbocycles. The van der Waals surface area contributed by atoms with E-state index in [1.165, 1.54) is 21.3 Å². The van der Waals surface area contributed by atoms with Crippen LogP contribution in [0.1, 0.15) is 37.0 Å². The zero-order valence-electron chi connectivity index (χ0n) is 15.1. The zero-order valence-corrected chi connectivity index (χ0v) is 15.1. The number of carbonyl (C=O) groups excluding carboxylic acids is 1. The van der Waals surface area contributed by atoms with Crippen LogP contribution in [0.25, 0.3) is 0 Å². The molecule has 2 rings (SSSR count). The fraction of sp³-hybridized carbons (Fsp3) is 0.611. The number of hydrogen-bond donors (Lipinski definition) is 1. The van der Waals surface area contributed by atoms with Gasteiger partial charge in [0.1, 0.15) is 11.2 Å². The lowest BCUT2D eigenvalue weighted by atomic mass is 9.83. The van der Waals surface area contributed by atoms with E-state index in [9.17, 15) is 4.79 Å². The van der Waals surface area contributed by atoms with Gasteiger partial charge in [0.05, 0.1) is 21.3 Å². The summed E-state index contributed by atoms with van der Waals surface area (Å²) < 4.78 is 21.8. The second kappa shape index (κ2) is 7.75. The van der Waals surface area contributed by atoms with Crippen LogP contribution in [0.15, 0.2) is 12.1 Å². The molecule has 1 fully saturated rings. The van der Waals surface area contributed by atoms with Gasteiger partial charge in [0.2, 0.25) is 5.75 Å². The predicted molar refractivity (Wildman–Crippen MR) is 91.2 cm³/mol. The molecule has 134 valence electrons. The molecule has 6 heteroatoms. The number of benzene rings is 1. The molecule has 24 heavy (non-hydrogen) atoms. The second-order valence-electron chi connectivity index (χ2n) is 6.40. The van der Waals surface area contributed by atoms with Gasteiger partial charge in [-0.25, -0.2) is 4.79 Å². The molecule has 0 atom stereocenters. The van der Waals surface area contributed by atoms with Crippen molar-refractivity contribution >= 4 is 5.97 Å². The Morgan fingerprint density at radius 3 is 2.21 bits per heavy atom. The molecule has 6 nitrogen and oxygen atoms in total. The molecule has 1 aromatic rings. The normalized spacial score (nSPS) is 15.7. The van der Waals surface area contributed by atoms with E-state index in [1.54, 1.807) is 12.1 Å². The Kier molecular flexibility index (Phi) is 5.94. The van der Waals surface area contributed by atoms with Crippen molar-refractivity contribution in [2.75, 3.05) is 34.4 Å². The van der Waals surface area contributed by atoms with Gasteiger partial charge in [-0.05, 0) is 51.9 Å². The number of rotatable bonds is 6. The summed E-state index contributed by atoms with van der Waals surface area (Å²) in [6.45, 7) is 5.83. The van der Waals surface area contributed by atoms with Gasteiger partial charge in [-0.15, -0.1) is 0 Å². The quantitative estimate of drug-likeness (QED) is 0.805. The van der Waals surface area contributed by atoms with Crippen LogP contribution in [-0.2, 0) is 4.74 Å². The highest BCUT2D eigenvalue weighted by atomic mass is 16.6. The van der Waals surface area contributed by atoms with Gasteiger partial charge in [0.15, 0.2) is 11.5 Å². The molecule has 0 unspecified atom stereocenters. The van der Waals surface area contributed by atoms with Crippen molar-refractivity contribution in [2.45, 2.75) is 32.3 Å². The van der Waals surface area contributed by atoms with E-state index in [0.717, 1.165) is 25.9 Å². The molecule has 1 aliphatic heterocycles. The second-order valence-corrected chi connectivity index (χ2v) is 6.40. The standard InChI is InChI=1S/C18H27NO5/c1-18(2,12-8-10-19-11-9-12)24-17(20)13-6-7-14(21-3)16(23-5)15(13)22-4/h6-7,12,19H,8-11H2,1-5H3.